The second-order valence-electron chi connectivity index (χ2n) is 4.23. The number of thioether (sulfide) groups is 1. The lowest BCUT2D eigenvalue weighted by molar-refractivity contribution is -0.145. The first-order valence-corrected chi connectivity index (χ1v) is 7.94. The molecule has 0 aliphatic heterocycles. The smallest absolute Gasteiger partial charge is 0.328 e. The maximum absolute atomic E-state index is 11.9. The molecule has 0 saturated heterocycles. The van der Waals surface area contributed by atoms with Gasteiger partial charge in [-0.2, -0.15) is 11.8 Å². The van der Waals surface area contributed by atoms with Gasteiger partial charge in [0.15, 0.2) is 0 Å². The molecule has 0 unspecified atom stereocenters. The number of amides is 1. The van der Waals surface area contributed by atoms with Gasteiger partial charge in [0.25, 0.3) is 0 Å². The van der Waals surface area contributed by atoms with Crippen LogP contribution in [0, 0.1) is 0 Å². The number of carbonyl (C=O) groups excluding carboxylic acids is 2. The van der Waals surface area contributed by atoms with Gasteiger partial charge in [0, 0.05) is 5.02 Å². The van der Waals surface area contributed by atoms with Gasteiger partial charge < -0.3 is 10.1 Å². The van der Waals surface area contributed by atoms with Crippen LogP contribution in [0.25, 0.3) is 0 Å². The molecule has 4 nitrogen and oxygen atoms in total. The largest absolute Gasteiger partial charge is 0.467 e. The Morgan fingerprint density at radius 1 is 1.35 bits per heavy atom. The molecule has 0 aliphatic carbocycles. The van der Waals surface area contributed by atoms with E-state index in [1.54, 1.807) is 36.0 Å². The van der Waals surface area contributed by atoms with E-state index in [0.717, 1.165) is 11.3 Å². The van der Waals surface area contributed by atoms with Crippen LogP contribution in [0.1, 0.15) is 12.0 Å². The number of methoxy groups -OCH3 is 1. The molecule has 1 rings (SSSR count). The van der Waals surface area contributed by atoms with E-state index in [4.69, 9.17) is 16.3 Å². The van der Waals surface area contributed by atoms with Crippen LogP contribution in [0.3, 0.4) is 0 Å². The summed E-state index contributed by atoms with van der Waals surface area (Å²) in [5.41, 5.74) is 0.848. The zero-order chi connectivity index (χ0) is 15.0. The Morgan fingerprint density at radius 3 is 2.55 bits per heavy atom. The zero-order valence-corrected chi connectivity index (χ0v) is 13.1. The molecule has 0 fully saturated rings. The molecule has 0 heterocycles. The molecule has 0 radical (unpaired) electrons. The number of nitrogens with one attached hydrogen (secondary N) is 1. The van der Waals surface area contributed by atoms with E-state index in [9.17, 15) is 9.59 Å². The topological polar surface area (TPSA) is 55.4 Å². The van der Waals surface area contributed by atoms with E-state index < -0.39 is 12.0 Å². The molecule has 6 heteroatoms. The Bertz CT molecular complexity index is 450. The Hall–Kier alpha value is -1.20. The van der Waals surface area contributed by atoms with E-state index >= 15 is 0 Å². The monoisotopic (exact) mass is 315 g/mol. The number of hydrogen-bond donors (Lipinski definition) is 1. The highest BCUT2D eigenvalue weighted by atomic mass is 35.5. The SMILES string of the molecule is COC(=O)[C@H](CCSC)NC(=O)Cc1ccc(Cl)cc1. The van der Waals surface area contributed by atoms with Gasteiger partial charge in [0.1, 0.15) is 6.04 Å². The molecule has 0 aliphatic rings. The van der Waals surface area contributed by atoms with Crippen molar-refractivity contribution in [1.82, 2.24) is 5.32 Å². The number of halogens is 1. The summed E-state index contributed by atoms with van der Waals surface area (Å²) in [6.07, 6.45) is 2.72. The third-order valence-electron chi connectivity index (χ3n) is 2.71. The van der Waals surface area contributed by atoms with Crippen molar-refractivity contribution >= 4 is 35.2 Å². The Morgan fingerprint density at radius 2 is 2.00 bits per heavy atom. The van der Waals surface area contributed by atoms with Crippen LogP contribution in [0.2, 0.25) is 5.02 Å². The first-order valence-electron chi connectivity index (χ1n) is 6.17. The summed E-state index contributed by atoms with van der Waals surface area (Å²) in [7, 11) is 1.32. The van der Waals surface area contributed by atoms with Gasteiger partial charge in [0.2, 0.25) is 5.91 Å². The highest BCUT2D eigenvalue weighted by Gasteiger charge is 2.20. The van der Waals surface area contributed by atoms with Crippen molar-refractivity contribution < 1.29 is 14.3 Å². The summed E-state index contributed by atoms with van der Waals surface area (Å²) in [6, 6.07) is 6.45. The van der Waals surface area contributed by atoms with Crippen molar-refractivity contribution in [1.29, 1.82) is 0 Å². The zero-order valence-electron chi connectivity index (χ0n) is 11.5. The number of esters is 1. The van der Waals surface area contributed by atoms with Gasteiger partial charge in [-0.05, 0) is 36.1 Å². The second kappa shape index (κ2) is 8.87. The first-order chi connectivity index (χ1) is 9.56. The van der Waals surface area contributed by atoms with Gasteiger partial charge in [-0.15, -0.1) is 0 Å². The normalized spacial score (nSPS) is 11.8. The molecule has 0 bridgehead atoms. The summed E-state index contributed by atoms with van der Waals surface area (Å²) in [4.78, 5) is 23.5. The minimum absolute atomic E-state index is 0.205. The maximum atomic E-state index is 11.9. The summed E-state index contributed by atoms with van der Waals surface area (Å²) in [5, 5.41) is 3.33. The molecule has 1 atom stereocenters. The van der Waals surface area contributed by atoms with Crippen LogP contribution in [0.5, 0.6) is 0 Å². The lowest BCUT2D eigenvalue weighted by Crippen LogP contribution is -2.42. The third kappa shape index (κ3) is 5.84. The van der Waals surface area contributed by atoms with Crippen LogP contribution < -0.4 is 5.32 Å². The molecule has 1 amide bonds. The number of rotatable bonds is 7. The fraction of sp³-hybridized carbons (Fsp3) is 0.429. The highest BCUT2D eigenvalue weighted by Crippen LogP contribution is 2.10. The molecule has 0 aromatic heterocycles. The van der Waals surface area contributed by atoms with E-state index in [0.29, 0.717) is 11.4 Å². The minimum Gasteiger partial charge on any atom is -0.467 e. The average molecular weight is 316 g/mol. The van der Waals surface area contributed by atoms with Gasteiger partial charge in [-0.25, -0.2) is 4.79 Å². The fourth-order valence-corrected chi connectivity index (χ4v) is 2.26. The van der Waals surface area contributed by atoms with Crippen molar-refractivity contribution in [3.8, 4) is 0 Å². The minimum atomic E-state index is -0.591. The Labute approximate surface area is 128 Å². The van der Waals surface area contributed by atoms with Crippen LogP contribution in [-0.2, 0) is 20.7 Å². The van der Waals surface area contributed by atoms with Gasteiger partial charge in [-0.3, -0.25) is 4.79 Å². The third-order valence-corrected chi connectivity index (χ3v) is 3.61. The van der Waals surface area contributed by atoms with E-state index in [1.165, 1.54) is 7.11 Å². The average Bonchev–Trinajstić information content (AvgIpc) is 2.45. The molecule has 0 saturated carbocycles. The van der Waals surface area contributed by atoms with Crippen molar-refractivity contribution in [2.24, 2.45) is 0 Å². The first kappa shape index (κ1) is 16.9. The molecule has 20 heavy (non-hydrogen) atoms. The molecule has 1 aromatic carbocycles. The number of benzene rings is 1. The predicted molar refractivity (Wildman–Crippen MR) is 82.1 cm³/mol. The Balaban J connectivity index is 2.56. The molecule has 1 aromatic rings. The number of hydrogen-bond acceptors (Lipinski definition) is 4. The summed E-state index contributed by atoms with van der Waals surface area (Å²) in [6.45, 7) is 0. The summed E-state index contributed by atoms with van der Waals surface area (Å²) >= 11 is 7.40. The fourth-order valence-electron chi connectivity index (χ4n) is 1.66. The summed E-state index contributed by atoms with van der Waals surface area (Å²) < 4.78 is 4.70. The number of carbonyl (C=O) groups is 2. The molecular weight excluding hydrogens is 298 g/mol. The van der Waals surface area contributed by atoms with E-state index in [2.05, 4.69) is 5.32 Å². The predicted octanol–water partition coefficient (Wildman–Crippen LogP) is 2.29. The van der Waals surface area contributed by atoms with Crippen molar-refractivity contribution in [2.45, 2.75) is 18.9 Å². The van der Waals surface area contributed by atoms with Crippen LogP contribution in [-0.4, -0.2) is 37.0 Å². The van der Waals surface area contributed by atoms with Gasteiger partial charge >= 0.3 is 5.97 Å². The van der Waals surface area contributed by atoms with Crippen molar-refractivity contribution in [3.63, 3.8) is 0 Å². The van der Waals surface area contributed by atoms with Crippen molar-refractivity contribution in [2.75, 3.05) is 19.1 Å². The molecular formula is C14H18ClNO3S. The lowest BCUT2D eigenvalue weighted by Gasteiger charge is -2.16. The second-order valence-corrected chi connectivity index (χ2v) is 5.65. The molecule has 110 valence electrons. The summed E-state index contributed by atoms with van der Waals surface area (Å²) in [5.74, 6) is 0.161. The van der Waals surface area contributed by atoms with Crippen molar-refractivity contribution in [3.05, 3.63) is 34.9 Å². The molecule has 1 N–H and O–H groups in total. The van der Waals surface area contributed by atoms with Gasteiger partial charge in [0.05, 0.1) is 13.5 Å². The quantitative estimate of drug-likeness (QED) is 0.784. The van der Waals surface area contributed by atoms with Gasteiger partial charge in [-0.1, -0.05) is 23.7 Å². The van der Waals surface area contributed by atoms with Crippen LogP contribution in [0.4, 0.5) is 0 Å². The van der Waals surface area contributed by atoms with E-state index in [1.807, 2.05) is 6.26 Å². The standard InChI is InChI=1S/C14H18ClNO3S/c1-19-14(18)12(7-8-20-2)16-13(17)9-10-3-5-11(15)6-4-10/h3-6,12H,7-9H2,1-2H3,(H,16,17)/t12-/m0/s1. The lowest BCUT2D eigenvalue weighted by atomic mass is 10.1. The van der Waals surface area contributed by atoms with Crippen LogP contribution in [0.15, 0.2) is 24.3 Å². The van der Waals surface area contributed by atoms with E-state index in [-0.39, 0.29) is 12.3 Å². The highest BCUT2D eigenvalue weighted by molar-refractivity contribution is 7.98. The maximum Gasteiger partial charge on any atom is 0.328 e. The Kier molecular flexibility index (Phi) is 7.47. The molecule has 0 spiro atoms. The van der Waals surface area contributed by atoms with Crippen LogP contribution >= 0.6 is 23.4 Å². The number of ether oxygens (including phenoxy) is 1.